The molecule has 1 radical (unpaired) electrons. The second-order valence-electron chi connectivity index (χ2n) is 4.07. The summed E-state index contributed by atoms with van der Waals surface area (Å²) in [6, 6.07) is 0. The van der Waals surface area contributed by atoms with E-state index in [0.717, 1.165) is 0 Å². The largest absolute Gasteiger partial charge is 0.0707 e. The van der Waals surface area contributed by atoms with Crippen molar-refractivity contribution in [3.63, 3.8) is 0 Å². The molecule has 0 fully saturated rings. The van der Waals surface area contributed by atoms with Crippen LogP contribution in [0.5, 0.6) is 0 Å². The predicted molar refractivity (Wildman–Crippen MR) is 58.9 cm³/mol. The number of rotatable bonds is 1. The van der Waals surface area contributed by atoms with Crippen LogP contribution in [0.4, 0.5) is 0 Å². The molecule has 1 heteroatoms. The van der Waals surface area contributed by atoms with E-state index in [1.54, 1.807) is 16.7 Å². The molecule has 0 nitrogen and oxygen atoms in total. The van der Waals surface area contributed by atoms with E-state index in [4.69, 9.17) is 0 Å². The summed E-state index contributed by atoms with van der Waals surface area (Å²) in [6.07, 6.45) is 0. The van der Waals surface area contributed by atoms with Gasteiger partial charge < -0.3 is 0 Å². The van der Waals surface area contributed by atoms with Gasteiger partial charge in [-0.25, -0.2) is 0 Å². The van der Waals surface area contributed by atoms with Crippen molar-refractivity contribution < 1.29 is 0 Å². The Morgan fingerprint density at radius 1 is 0.750 bits per heavy atom. The van der Waals surface area contributed by atoms with Crippen molar-refractivity contribution in [3.8, 4) is 0 Å². The number of hydrogen-bond donors (Lipinski definition) is 0. The molecule has 0 unspecified atom stereocenters. The quantitative estimate of drug-likeness (QED) is 0.542. The predicted octanol–water partition coefficient (Wildman–Crippen LogP) is 3.27. The Morgan fingerprint density at radius 2 is 1.25 bits per heavy atom. The average molecular weight is 179 g/mol. The van der Waals surface area contributed by atoms with E-state index in [-0.39, 0.29) is 0 Å². The number of allylic oxidation sites excluding steroid dienone is 4. The molecule has 0 aromatic carbocycles. The van der Waals surface area contributed by atoms with Gasteiger partial charge in [0.15, 0.2) is 0 Å². The summed E-state index contributed by atoms with van der Waals surface area (Å²) in [5.74, 6) is 1.56. The summed E-state index contributed by atoms with van der Waals surface area (Å²) >= 11 is 0. The van der Waals surface area contributed by atoms with Crippen LogP contribution < -0.4 is 0 Å². The highest BCUT2D eigenvalue weighted by atomic mass is 28.3. The van der Waals surface area contributed by atoms with Gasteiger partial charge >= 0.3 is 0 Å². The lowest BCUT2D eigenvalue weighted by Gasteiger charge is -2.14. The molecule has 67 valence electrons. The topological polar surface area (TPSA) is 0 Å². The summed E-state index contributed by atoms with van der Waals surface area (Å²) in [6.45, 7) is 13.9. The highest BCUT2D eigenvalue weighted by Gasteiger charge is 2.25. The molecule has 0 amide bonds. The Morgan fingerprint density at radius 3 is 1.42 bits per heavy atom. The van der Waals surface area contributed by atoms with Gasteiger partial charge in [-0.1, -0.05) is 36.4 Å². The van der Waals surface area contributed by atoms with Crippen LogP contribution in [0.1, 0.15) is 27.7 Å². The van der Waals surface area contributed by atoms with Gasteiger partial charge in [-0.2, -0.15) is 0 Å². The second-order valence-corrected chi connectivity index (χ2v) is 6.96. The maximum Gasteiger partial charge on any atom is 0.0611 e. The molecule has 0 N–H and O–H groups in total. The van der Waals surface area contributed by atoms with E-state index in [1.807, 2.05) is 0 Å². The Labute approximate surface area is 78.0 Å². The zero-order valence-electron chi connectivity index (χ0n) is 9.08. The first kappa shape index (κ1) is 9.78. The molecule has 0 aromatic rings. The smallest absolute Gasteiger partial charge is 0.0611 e. The van der Waals surface area contributed by atoms with E-state index in [1.165, 1.54) is 11.1 Å². The molecular formula is C11H19Si. The maximum atomic E-state index is 2.41. The fraction of sp³-hybridized carbons (Fsp3) is 0.545. The first-order chi connectivity index (χ1) is 5.46. The standard InChI is InChI=1S/C11H19Si/c1-7-8(2)10(4)11(9(7)3)12(5)6/h12H,1-6H3. The van der Waals surface area contributed by atoms with Gasteiger partial charge in [-0.15, -0.1) is 0 Å². The SMILES string of the molecule is C[C]1C(C)=C(C)C(C)=C1[SiH](C)C. The molecule has 0 aliphatic heterocycles. The molecule has 1 aliphatic carbocycles. The number of hydrogen-bond acceptors (Lipinski definition) is 0. The van der Waals surface area contributed by atoms with Gasteiger partial charge in [-0.05, 0) is 26.3 Å². The van der Waals surface area contributed by atoms with Crippen LogP contribution >= 0.6 is 0 Å². The molecule has 1 rings (SSSR count). The van der Waals surface area contributed by atoms with Crippen LogP contribution in [-0.4, -0.2) is 8.80 Å². The minimum atomic E-state index is -0.615. The van der Waals surface area contributed by atoms with Gasteiger partial charge in [0.25, 0.3) is 0 Å². The van der Waals surface area contributed by atoms with Crippen molar-refractivity contribution in [2.45, 2.75) is 40.8 Å². The first-order valence-electron chi connectivity index (χ1n) is 4.69. The minimum absolute atomic E-state index is 0.615. The molecule has 1 aliphatic rings. The zero-order valence-corrected chi connectivity index (χ0v) is 10.2. The molecule has 0 atom stereocenters. The summed E-state index contributed by atoms with van der Waals surface area (Å²) in [7, 11) is -0.615. The highest BCUT2D eigenvalue weighted by molar-refractivity contribution is 6.65. The Hall–Kier alpha value is -0.303. The molecule has 12 heavy (non-hydrogen) atoms. The molecule has 0 bridgehead atoms. The van der Waals surface area contributed by atoms with E-state index < -0.39 is 8.80 Å². The molecule has 0 aromatic heterocycles. The fourth-order valence-electron chi connectivity index (χ4n) is 2.11. The molecule has 0 saturated carbocycles. The van der Waals surface area contributed by atoms with Gasteiger partial charge in [-0.3, -0.25) is 0 Å². The maximum absolute atomic E-state index is 2.41. The van der Waals surface area contributed by atoms with Crippen molar-refractivity contribution >= 4 is 8.80 Å². The summed E-state index contributed by atoms with van der Waals surface area (Å²) in [4.78, 5) is 0. The second kappa shape index (κ2) is 3.21. The van der Waals surface area contributed by atoms with E-state index in [0.29, 0.717) is 0 Å². The van der Waals surface area contributed by atoms with Crippen LogP contribution in [0.2, 0.25) is 13.1 Å². The summed E-state index contributed by atoms with van der Waals surface area (Å²) in [5, 5.41) is 1.70. The van der Waals surface area contributed by atoms with Crippen molar-refractivity contribution in [1.29, 1.82) is 0 Å². The van der Waals surface area contributed by atoms with Crippen molar-refractivity contribution in [3.05, 3.63) is 27.8 Å². The van der Waals surface area contributed by atoms with E-state index in [9.17, 15) is 0 Å². The molecule has 0 saturated heterocycles. The van der Waals surface area contributed by atoms with Crippen LogP contribution in [-0.2, 0) is 0 Å². The third kappa shape index (κ3) is 1.31. The van der Waals surface area contributed by atoms with Crippen molar-refractivity contribution in [2.24, 2.45) is 0 Å². The summed E-state index contributed by atoms with van der Waals surface area (Å²) in [5.41, 5.74) is 4.60. The third-order valence-electron chi connectivity index (χ3n) is 3.07. The van der Waals surface area contributed by atoms with Crippen molar-refractivity contribution in [1.82, 2.24) is 0 Å². The van der Waals surface area contributed by atoms with Crippen LogP contribution in [0.3, 0.4) is 0 Å². The van der Waals surface area contributed by atoms with Crippen LogP contribution in [0, 0.1) is 5.92 Å². The lowest BCUT2D eigenvalue weighted by Crippen LogP contribution is -2.11. The van der Waals surface area contributed by atoms with Crippen LogP contribution in [0.25, 0.3) is 0 Å². The fourth-order valence-corrected chi connectivity index (χ4v) is 4.28. The van der Waals surface area contributed by atoms with Gasteiger partial charge in [0.05, 0.1) is 8.80 Å². The van der Waals surface area contributed by atoms with E-state index >= 15 is 0 Å². The molecule has 0 heterocycles. The lowest BCUT2D eigenvalue weighted by atomic mass is 10.1. The summed E-state index contributed by atoms with van der Waals surface area (Å²) < 4.78 is 0. The Kier molecular flexibility index (Phi) is 2.62. The van der Waals surface area contributed by atoms with Gasteiger partial charge in [0.2, 0.25) is 0 Å². The third-order valence-corrected chi connectivity index (χ3v) is 5.09. The lowest BCUT2D eigenvalue weighted by molar-refractivity contribution is 1.19. The van der Waals surface area contributed by atoms with Gasteiger partial charge in [0.1, 0.15) is 0 Å². The van der Waals surface area contributed by atoms with Crippen LogP contribution in [0.15, 0.2) is 21.9 Å². The Balaban J connectivity index is 3.09. The Bertz CT molecular complexity index is 256. The van der Waals surface area contributed by atoms with Crippen molar-refractivity contribution in [2.75, 3.05) is 0 Å². The molecule has 0 spiro atoms. The van der Waals surface area contributed by atoms with Gasteiger partial charge in [0, 0.05) is 5.92 Å². The normalized spacial score (nSPS) is 20.2. The minimum Gasteiger partial charge on any atom is -0.0707 e. The monoisotopic (exact) mass is 179 g/mol. The van der Waals surface area contributed by atoms with E-state index in [2.05, 4.69) is 40.8 Å². The molecular weight excluding hydrogens is 160 g/mol. The highest BCUT2D eigenvalue weighted by Crippen LogP contribution is 2.38. The average Bonchev–Trinajstić information content (AvgIpc) is 2.16. The zero-order chi connectivity index (χ0) is 9.46. The first-order valence-corrected chi connectivity index (χ1v) is 7.58.